The summed E-state index contributed by atoms with van der Waals surface area (Å²) < 4.78 is 0. The Bertz CT molecular complexity index is 960. The smallest absolute Gasteiger partial charge is 0.255 e. The fraction of sp³-hybridized carbons (Fsp3) is 0.450. The summed E-state index contributed by atoms with van der Waals surface area (Å²) in [5.41, 5.74) is 3.22. The maximum absolute atomic E-state index is 13.0. The minimum atomic E-state index is -0.236. The molecule has 3 aromatic heterocycles. The van der Waals surface area contributed by atoms with Gasteiger partial charge in [0.2, 0.25) is 0 Å². The average molecular weight is 417 g/mol. The Morgan fingerprint density at radius 1 is 1.21 bits per heavy atom. The molecule has 6 nitrogen and oxygen atoms in total. The van der Waals surface area contributed by atoms with Crippen molar-refractivity contribution in [3.05, 3.63) is 29.5 Å². The highest BCUT2D eigenvalue weighted by Gasteiger charge is 2.24. The van der Waals surface area contributed by atoms with Gasteiger partial charge in [-0.15, -0.1) is 22.7 Å². The lowest BCUT2D eigenvalue weighted by Crippen LogP contribution is -2.39. The first-order valence-electron chi connectivity index (χ1n) is 9.58. The van der Waals surface area contributed by atoms with Crippen molar-refractivity contribution in [2.75, 3.05) is 5.32 Å². The number of aliphatic hydroxyl groups excluding tert-OH is 1. The number of thiophene rings is 1. The zero-order valence-electron chi connectivity index (χ0n) is 15.9. The van der Waals surface area contributed by atoms with E-state index in [1.807, 2.05) is 11.7 Å². The van der Waals surface area contributed by atoms with E-state index in [-0.39, 0.29) is 24.1 Å². The molecule has 8 heteroatoms. The summed E-state index contributed by atoms with van der Waals surface area (Å²) >= 11 is 3.21. The molecule has 0 atom stereocenters. The van der Waals surface area contributed by atoms with Crippen molar-refractivity contribution in [3.8, 4) is 9.75 Å². The van der Waals surface area contributed by atoms with E-state index in [9.17, 15) is 9.90 Å². The van der Waals surface area contributed by atoms with Gasteiger partial charge in [0.25, 0.3) is 5.91 Å². The van der Waals surface area contributed by atoms with E-state index < -0.39 is 0 Å². The molecule has 3 heterocycles. The molecule has 3 N–H and O–H groups in total. The second kappa shape index (κ2) is 8.14. The average Bonchev–Trinajstić information content (AvgIpc) is 3.32. The molecule has 1 saturated carbocycles. The molecule has 0 unspecified atom stereocenters. The van der Waals surface area contributed by atoms with Crippen LogP contribution in [-0.4, -0.2) is 39.2 Å². The van der Waals surface area contributed by atoms with Crippen molar-refractivity contribution in [2.45, 2.75) is 57.7 Å². The van der Waals surface area contributed by atoms with Gasteiger partial charge in [-0.1, -0.05) is 0 Å². The monoisotopic (exact) mass is 416 g/mol. The van der Waals surface area contributed by atoms with Crippen molar-refractivity contribution in [3.63, 3.8) is 0 Å². The third-order valence-corrected chi connectivity index (χ3v) is 6.96. The number of aromatic nitrogens is 2. The van der Waals surface area contributed by atoms with Crippen molar-refractivity contribution >= 4 is 44.5 Å². The topological polar surface area (TPSA) is 87.1 Å². The normalized spacial score (nSPS) is 19.9. The summed E-state index contributed by atoms with van der Waals surface area (Å²) in [6.45, 7) is 4.12. The largest absolute Gasteiger partial charge is 0.393 e. The van der Waals surface area contributed by atoms with Crippen LogP contribution in [0, 0.1) is 0 Å². The molecule has 0 aliphatic heterocycles. The number of aliphatic hydroxyl groups is 1. The van der Waals surface area contributed by atoms with E-state index in [1.165, 1.54) is 0 Å². The Morgan fingerprint density at radius 2 is 2.00 bits per heavy atom. The highest BCUT2D eigenvalue weighted by molar-refractivity contribution is 7.25. The summed E-state index contributed by atoms with van der Waals surface area (Å²) in [4.78, 5) is 24.9. The van der Waals surface area contributed by atoms with E-state index >= 15 is 0 Å². The Hall–Kier alpha value is -2.03. The van der Waals surface area contributed by atoms with E-state index in [2.05, 4.69) is 40.5 Å². The number of fused-ring (bicyclic) bond motifs is 1. The maximum Gasteiger partial charge on any atom is 0.255 e. The molecule has 0 bridgehead atoms. The number of anilines is 1. The second-order valence-electron chi connectivity index (χ2n) is 7.52. The van der Waals surface area contributed by atoms with Crippen LogP contribution in [0.5, 0.6) is 0 Å². The van der Waals surface area contributed by atoms with Crippen LogP contribution in [0.3, 0.4) is 0 Å². The van der Waals surface area contributed by atoms with Crippen LogP contribution in [-0.2, 0) is 0 Å². The number of pyridine rings is 1. The first kappa shape index (κ1) is 19.3. The zero-order chi connectivity index (χ0) is 19.7. The SMILES string of the molecule is CC(C)Nc1c(C(=O)N[C@H]2CC[C@H](O)CC2)cnc2sc(-c3cncs3)cc12. The van der Waals surface area contributed by atoms with Crippen molar-refractivity contribution < 1.29 is 9.90 Å². The number of carbonyl (C=O) groups excluding carboxylic acids is 1. The lowest BCUT2D eigenvalue weighted by atomic mass is 9.93. The first-order valence-corrected chi connectivity index (χ1v) is 11.3. The number of thiazole rings is 1. The van der Waals surface area contributed by atoms with Gasteiger partial charge in [0.1, 0.15) is 4.83 Å². The second-order valence-corrected chi connectivity index (χ2v) is 9.44. The van der Waals surface area contributed by atoms with Gasteiger partial charge in [-0.05, 0) is 45.6 Å². The third-order valence-electron chi connectivity index (χ3n) is 4.95. The number of amides is 1. The van der Waals surface area contributed by atoms with Crippen LogP contribution in [0.25, 0.3) is 20.0 Å². The van der Waals surface area contributed by atoms with E-state index in [0.717, 1.165) is 51.3 Å². The number of rotatable bonds is 5. The summed E-state index contributed by atoms with van der Waals surface area (Å²) in [5, 5.41) is 17.2. The van der Waals surface area contributed by atoms with Gasteiger partial charge in [0.15, 0.2) is 0 Å². The van der Waals surface area contributed by atoms with Gasteiger partial charge in [-0.3, -0.25) is 9.78 Å². The molecule has 0 radical (unpaired) electrons. The predicted molar refractivity (Wildman–Crippen MR) is 115 cm³/mol. The molecule has 4 rings (SSSR count). The van der Waals surface area contributed by atoms with Crippen LogP contribution >= 0.6 is 22.7 Å². The molecule has 1 aliphatic rings. The van der Waals surface area contributed by atoms with Gasteiger partial charge < -0.3 is 15.7 Å². The maximum atomic E-state index is 13.0. The Morgan fingerprint density at radius 3 is 2.68 bits per heavy atom. The lowest BCUT2D eigenvalue weighted by Gasteiger charge is -2.26. The van der Waals surface area contributed by atoms with Crippen LogP contribution in [0.1, 0.15) is 49.9 Å². The van der Waals surface area contributed by atoms with Gasteiger partial charge in [-0.2, -0.15) is 0 Å². The number of nitrogens with zero attached hydrogens (tertiary/aromatic N) is 2. The Balaban J connectivity index is 1.67. The predicted octanol–water partition coefficient (Wildman–Crippen LogP) is 4.27. The lowest BCUT2D eigenvalue weighted by molar-refractivity contribution is 0.0868. The highest BCUT2D eigenvalue weighted by Crippen LogP contribution is 2.39. The summed E-state index contributed by atoms with van der Waals surface area (Å²) in [6.07, 6.45) is 6.39. The van der Waals surface area contributed by atoms with Crippen LogP contribution < -0.4 is 10.6 Å². The Kier molecular flexibility index (Phi) is 5.61. The number of hydrogen-bond acceptors (Lipinski definition) is 7. The first-order chi connectivity index (χ1) is 13.5. The Labute approximate surface area is 172 Å². The van der Waals surface area contributed by atoms with Crippen molar-refractivity contribution in [2.24, 2.45) is 0 Å². The zero-order valence-corrected chi connectivity index (χ0v) is 17.6. The van der Waals surface area contributed by atoms with E-state index in [4.69, 9.17) is 0 Å². The molecule has 3 aromatic rings. The molecular weight excluding hydrogens is 392 g/mol. The summed E-state index contributed by atoms with van der Waals surface area (Å²) in [7, 11) is 0. The molecule has 28 heavy (non-hydrogen) atoms. The van der Waals surface area contributed by atoms with Crippen LogP contribution in [0.2, 0.25) is 0 Å². The molecule has 1 amide bonds. The number of carbonyl (C=O) groups is 1. The molecule has 0 aromatic carbocycles. The molecular formula is C20H24N4O2S2. The fourth-order valence-electron chi connectivity index (χ4n) is 3.55. The standard InChI is InChI=1S/C20H24N4O2S2/c1-11(2)23-18-14-7-16(17-9-21-10-27-17)28-20(14)22-8-15(18)19(26)24-12-3-5-13(25)6-4-12/h7-13,25H,3-6H2,1-2H3,(H,22,23)(H,24,26)/t12-,13-. The van der Waals surface area contributed by atoms with Gasteiger partial charge >= 0.3 is 0 Å². The summed E-state index contributed by atoms with van der Waals surface area (Å²) in [6, 6.07) is 2.39. The number of hydrogen-bond donors (Lipinski definition) is 3. The molecule has 1 aliphatic carbocycles. The molecule has 0 saturated heterocycles. The van der Waals surface area contributed by atoms with Crippen molar-refractivity contribution in [1.29, 1.82) is 0 Å². The quantitative estimate of drug-likeness (QED) is 0.578. The minimum Gasteiger partial charge on any atom is -0.393 e. The number of nitrogens with one attached hydrogen (secondary N) is 2. The fourth-order valence-corrected chi connectivity index (χ4v) is 5.26. The van der Waals surface area contributed by atoms with E-state index in [1.54, 1.807) is 28.9 Å². The van der Waals surface area contributed by atoms with Gasteiger partial charge in [0, 0.05) is 34.7 Å². The van der Waals surface area contributed by atoms with Crippen LogP contribution in [0.4, 0.5) is 5.69 Å². The highest BCUT2D eigenvalue weighted by atomic mass is 32.1. The molecule has 0 spiro atoms. The summed E-state index contributed by atoms with van der Waals surface area (Å²) in [5.74, 6) is -0.107. The molecule has 148 valence electrons. The third kappa shape index (κ3) is 4.04. The van der Waals surface area contributed by atoms with E-state index in [0.29, 0.717) is 5.56 Å². The van der Waals surface area contributed by atoms with Gasteiger partial charge in [0.05, 0.1) is 27.7 Å². The van der Waals surface area contributed by atoms with Crippen LogP contribution in [0.15, 0.2) is 24.0 Å². The molecule has 1 fully saturated rings. The van der Waals surface area contributed by atoms with Gasteiger partial charge in [-0.25, -0.2) is 4.98 Å². The minimum absolute atomic E-state index is 0.105. The van der Waals surface area contributed by atoms with Crippen molar-refractivity contribution in [1.82, 2.24) is 15.3 Å².